The Labute approximate surface area is 106 Å². The lowest BCUT2D eigenvalue weighted by molar-refractivity contribution is -0.122. The molecule has 96 valence electrons. The van der Waals surface area contributed by atoms with Crippen molar-refractivity contribution in [2.45, 2.75) is 54.4 Å². The van der Waals surface area contributed by atoms with Crippen LogP contribution in [-0.4, -0.2) is 5.78 Å². The summed E-state index contributed by atoms with van der Waals surface area (Å²) in [4.78, 5) is 11.5. The molecule has 0 saturated heterocycles. The Hall–Kier alpha value is -0.850. The van der Waals surface area contributed by atoms with Crippen LogP contribution in [0.25, 0.3) is 0 Å². The van der Waals surface area contributed by atoms with Crippen molar-refractivity contribution >= 4 is 5.78 Å². The van der Waals surface area contributed by atoms with Gasteiger partial charge in [0.15, 0.2) is 0 Å². The first kappa shape index (κ1) is 14.2. The SMILES string of the molecule is CC(=O)C(C)(C)C=CC1CCC=C(C)C1(C)C. The van der Waals surface area contributed by atoms with Gasteiger partial charge in [0.25, 0.3) is 0 Å². The zero-order chi connectivity index (χ0) is 13.3. The van der Waals surface area contributed by atoms with Crippen LogP contribution < -0.4 is 0 Å². The average molecular weight is 234 g/mol. The molecule has 0 heterocycles. The summed E-state index contributed by atoms with van der Waals surface area (Å²) in [6.45, 7) is 12.5. The Morgan fingerprint density at radius 3 is 2.59 bits per heavy atom. The van der Waals surface area contributed by atoms with Gasteiger partial charge in [0, 0.05) is 5.41 Å². The molecule has 1 aliphatic carbocycles. The van der Waals surface area contributed by atoms with E-state index in [0.29, 0.717) is 5.92 Å². The Morgan fingerprint density at radius 2 is 2.06 bits per heavy atom. The number of hydrogen-bond acceptors (Lipinski definition) is 1. The standard InChI is InChI=1S/C16H26O/c1-12-8-7-9-14(16(12,5)6)10-11-15(3,4)13(2)17/h8,10-11,14H,7,9H2,1-6H3. The maximum absolute atomic E-state index is 11.5. The summed E-state index contributed by atoms with van der Waals surface area (Å²) in [5, 5.41) is 0. The highest BCUT2D eigenvalue weighted by Gasteiger charge is 2.32. The second kappa shape index (κ2) is 4.80. The zero-order valence-electron chi connectivity index (χ0n) is 12.1. The summed E-state index contributed by atoms with van der Waals surface area (Å²) in [6.07, 6.45) is 9.05. The van der Waals surface area contributed by atoms with Crippen LogP contribution in [0.2, 0.25) is 0 Å². The van der Waals surface area contributed by atoms with Crippen molar-refractivity contribution in [3.63, 3.8) is 0 Å². The van der Waals surface area contributed by atoms with Crippen LogP contribution in [0.1, 0.15) is 54.4 Å². The van der Waals surface area contributed by atoms with E-state index in [0.717, 1.165) is 6.42 Å². The molecule has 0 amide bonds. The first-order valence-electron chi connectivity index (χ1n) is 6.55. The van der Waals surface area contributed by atoms with Crippen LogP contribution >= 0.6 is 0 Å². The summed E-state index contributed by atoms with van der Waals surface area (Å²) in [5.74, 6) is 0.778. The Bertz CT molecular complexity index is 356. The molecule has 0 saturated carbocycles. The number of ketones is 1. The molecule has 0 bridgehead atoms. The molecule has 0 aromatic rings. The van der Waals surface area contributed by atoms with E-state index in [9.17, 15) is 4.79 Å². The van der Waals surface area contributed by atoms with Gasteiger partial charge in [-0.3, -0.25) is 4.79 Å². The average Bonchev–Trinajstić information content (AvgIpc) is 2.20. The van der Waals surface area contributed by atoms with Gasteiger partial charge in [-0.05, 0) is 51.9 Å². The van der Waals surface area contributed by atoms with Gasteiger partial charge < -0.3 is 0 Å². The van der Waals surface area contributed by atoms with Gasteiger partial charge >= 0.3 is 0 Å². The van der Waals surface area contributed by atoms with Crippen LogP contribution in [0.5, 0.6) is 0 Å². The van der Waals surface area contributed by atoms with Gasteiger partial charge in [-0.1, -0.05) is 37.6 Å². The van der Waals surface area contributed by atoms with Crippen molar-refractivity contribution in [3.8, 4) is 0 Å². The first-order valence-corrected chi connectivity index (χ1v) is 6.55. The van der Waals surface area contributed by atoms with E-state index in [1.807, 2.05) is 13.8 Å². The van der Waals surface area contributed by atoms with E-state index in [4.69, 9.17) is 0 Å². The molecule has 0 spiro atoms. The number of allylic oxidation sites excluding steroid dienone is 4. The first-order chi connectivity index (χ1) is 7.68. The third-order valence-electron chi connectivity index (χ3n) is 4.52. The van der Waals surface area contributed by atoms with Crippen LogP contribution in [0.3, 0.4) is 0 Å². The van der Waals surface area contributed by atoms with Crippen LogP contribution in [0.15, 0.2) is 23.8 Å². The molecule has 0 radical (unpaired) electrons. The fourth-order valence-electron chi connectivity index (χ4n) is 2.21. The molecule has 0 N–H and O–H groups in total. The number of Topliss-reactive ketones (excluding diaryl/α,β-unsaturated/α-hetero) is 1. The predicted molar refractivity (Wildman–Crippen MR) is 73.9 cm³/mol. The molecule has 1 nitrogen and oxygen atoms in total. The Morgan fingerprint density at radius 1 is 1.47 bits per heavy atom. The molecule has 1 heteroatoms. The van der Waals surface area contributed by atoms with Crippen molar-refractivity contribution < 1.29 is 4.79 Å². The highest BCUT2D eigenvalue weighted by Crippen LogP contribution is 2.42. The molecule has 0 fully saturated rings. The number of carbonyl (C=O) groups excluding carboxylic acids is 1. The summed E-state index contributed by atoms with van der Waals surface area (Å²) < 4.78 is 0. The number of carbonyl (C=O) groups is 1. The van der Waals surface area contributed by atoms with Gasteiger partial charge in [-0.25, -0.2) is 0 Å². The molecule has 0 aliphatic heterocycles. The third-order valence-corrected chi connectivity index (χ3v) is 4.52. The van der Waals surface area contributed by atoms with Gasteiger partial charge in [0.05, 0.1) is 0 Å². The number of hydrogen-bond donors (Lipinski definition) is 0. The van der Waals surface area contributed by atoms with Crippen molar-refractivity contribution in [1.29, 1.82) is 0 Å². The molecular formula is C16H26O. The summed E-state index contributed by atoms with van der Waals surface area (Å²) in [5.41, 5.74) is 1.37. The lowest BCUT2D eigenvalue weighted by atomic mass is 9.67. The highest BCUT2D eigenvalue weighted by atomic mass is 16.1. The molecule has 0 aromatic carbocycles. The molecule has 1 atom stereocenters. The minimum Gasteiger partial charge on any atom is -0.299 e. The van der Waals surface area contributed by atoms with Crippen molar-refractivity contribution in [1.82, 2.24) is 0 Å². The number of rotatable bonds is 3. The fraction of sp³-hybridized carbons (Fsp3) is 0.688. The largest absolute Gasteiger partial charge is 0.299 e. The smallest absolute Gasteiger partial charge is 0.139 e. The van der Waals surface area contributed by atoms with E-state index < -0.39 is 0 Å². The van der Waals surface area contributed by atoms with E-state index in [1.165, 1.54) is 12.0 Å². The van der Waals surface area contributed by atoms with Gasteiger partial charge in [-0.2, -0.15) is 0 Å². The van der Waals surface area contributed by atoms with Gasteiger partial charge in [0.1, 0.15) is 5.78 Å². The second-order valence-electron chi connectivity index (χ2n) is 6.43. The van der Waals surface area contributed by atoms with Gasteiger partial charge in [-0.15, -0.1) is 0 Å². The minimum absolute atomic E-state index is 0.224. The predicted octanol–water partition coefficient (Wildman–Crippen LogP) is 4.54. The molecule has 1 aliphatic rings. The molecule has 17 heavy (non-hydrogen) atoms. The monoisotopic (exact) mass is 234 g/mol. The van der Waals surface area contributed by atoms with E-state index in [1.54, 1.807) is 6.92 Å². The van der Waals surface area contributed by atoms with E-state index >= 15 is 0 Å². The van der Waals surface area contributed by atoms with E-state index in [-0.39, 0.29) is 16.6 Å². The zero-order valence-corrected chi connectivity index (χ0v) is 12.1. The molecule has 1 unspecified atom stereocenters. The maximum Gasteiger partial charge on any atom is 0.139 e. The van der Waals surface area contributed by atoms with E-state index in [2.05, 4.69) is 39.0 Å². The normalized spacial score (nSPS) is 24.8. The Kier molecular flexibility index (Phi) is 4.01. The van der Waals surface area contributed by atoms with Crippen LogP contribution in [0, 0.1) is 16.7 Å². The summed E-state index contributed by atoms with van der Waals surface area (Å²) >= 11 is 0. The molecular weight excluding hydrogens is 208 g/mol. The lowest BCUT2D eigenvalue weighted by Crippen LogP contribution is -2.27. The van der Waals surface area contributed by atoms with Crippen molar-refractivity contribution in [3.05, 3.63) is 23.8 Å². The Balaban J connectivity index is 2.86. The van der Waals surface area contributed by atoms with Gasteiger partial charge in [0.2, 0.25) is 0 Å². The summed E-state index contributed by atoms with van der Waals surface area (Å²) in [7, 11) is 0. The molecule has 0 aromatic heterocycles. The maximum atomic E-state index is 11.5. The van der Waals surface area contributed by atoms with Crippen molar-refractivity contribution in [2.24, 2.45) is 16.7 Å². The minimum atomic E-state index is -0.328. The van der Waals surface area contributed by atoms with Crippen LogP contribution in [0.4, 0.5) is 0 Å². The highest BCUT2D eigenvalue weighted by molar-refractivity contribution is 5.83. The topological polar surface area (TPSA) is 17.1 Å². The summed E-state index contributed by atoms with van der Waals surface area (Å²) in [6, 6.07) is 0. The fourth-order valence-corrected chi connectivity index (χ4v) is 2.21. The second-order valence-corrected chi connectivity index (χ2v) is 6.43. The molecule has 1 rings (SSSR count). The quantitative estimate of drug-likeness (QED) is 0.655. The lowest BCUT2D eigenvalue weighted by Gasteiger charge is -2.37. The third kappa shape index (κ3) is 3.08. The van der Waals surface area contributed by atoms with Crippen LogP contribution in [-0.2, 0) is 4.79 Å². The van der Waals surface area contributed by atoms with Crippen molar-refractivity contribution in [2.75, 3.05) is 0 Å².